The van der Waals surface area contributed by atoms with E-state index in [2.05, 4.69) is 9.97 Å². The Labute approximate surface area is 142 Å². The van der Waals surface area contributed by atoms with Gasteiger partial charge in [0.15, 0.2) is 0 Å². The van der Waals surface area contributed by atoms with Gasteiger partial charge in [0.1, 0.15) is 17.1 Å². The number of rotatable bonds is 4. The zero-order chi connectivity index (χ0) is 16.9. The van der Waals surface area contributed by atoms with E-state index in [0.717, 1.165) is 32.4 Å². The lowest BCUT2D eigenvalue weighted by Gasteiger charge is -2.33. The first-order chi connectivity index (χ1) is 10.8. The highest BCUT2D eigenvalue weighted by molar-refractivity contribution is 6.29. The number of piperidine rings is 1. The normalized spacial score (nSPS) is 16.3. The molecule has 0 saturated carbocycles. The van der Waals surface area contributed by atoms with Crippen molar-refractivity contribution >= 4 is 17.7 Å². The number of carbonyl (C=O) groups is 1. The highest BCUT2D eigenvalue weighted by atomic mass is 35.5. The molecule has 1 amide bonds. The Bertz CT molecular complexity index is 526. The van der Waals surface area contributed by atoms with E-state index in [1.807, 2.05) is 20.8 Å². The number of halogens is 1. The lowest BCUT2D eigenvalue weighted by atomic mass is 9.94. The van der Waals surface area contributed by atoms with E-state index in [9.17, 15) is 4.79 Å². The van der Waals surface area contributed by atoms with Gasteiger partial charge in [0.05, 0.1) is 6.61 Å². The average molecular weight is 342 g/mol. The molecule has 0 bridgehead atoms. The number of ether oxygens (including phenoxy) is 2. The van der Waals surface area contributed by atoms with Crippen LogP contribution in [0.2, 0.25) is 5.15 Å². The van der Waals surface area contributed by atoms with Crippen LogP contribution in [-0.2, 0) is 4.74 Å². The molecule has 23 heavy (non-hydrogen) atoms. The summed E-state index contributed by atoms with van der Waals surface area (Å²) in [7, 11) is 0. The molecule has 0 aliphatic carbocycles. The van der Waals surface area contributed by atoms with Gasteiger partial charge >= 0.3 is 6.09 Å². The predicted octanol–water partition coefficient (Wildman–Crippen LogP) is 3.55. The lowest BCUT2D eigenvalue weighted by Crippen LogP contribution is -2.41. The zero-order valence-corrected chi connectivity index (χ0v) is 14.7. The van der Waals surface area contributed by atoms with Crippen molar-refractivity contribution in [2.75, 3.05) is 19.7 Å². The Morgan fingerprint density at radius 3 is 2.65 bits per heavy atom. The Balaban J connectivity index is 1.68. The fourth-order valence-electron chi connectivity index (χ4n) is 2.46. The summed E-state index contributed by atoms with van der Waals surface area (Å²) in [6, 6.07) is 1.60. The molecule has 0 spiro atoms. The van der Waals surface area contributed by atoms with Crippen molar-refractivity contribution in [1.29, 1.82) is 0 Å². The third-order valence-electron chi connectivity index (χ3n) is 3.65. The molecule has 2 rings (SSSR count). The van der Waals surface area contributed by atoms with E-state index in [-0.39, 0.29) is 6.09 Å². The molecule has 7 heteroatoms. The van der Waals surface area contributed by atoms with Crippen LogP contribution in [-0.4, -0.2) is 46.3 Å². The number of nitrogens with zero attached hydrogens (tertiary/aromatic N) is 3. The van der Waals surface area contributed by atoms with Crippen LogP contribution in [0.1, 0.15) is 40.0 Å². The van der Waals surface area contributed by atoms with Gasteiger partial charge in [-0.15, -0.1) is 0 Å². The van der Waals surface area contributed by atoms with Crippen LogP contribution in [0.15, 0.2) is 12.4 Å². The Morgan fingerprint density at radius 2 is 2.04 bits per heavy atom. The van der Waals surface area contributed by atoms with Gasteiger partial charge in [-0.25, -0.2) is 14.8 Å². The van der Waals surface area contributed by atoms with Gasteiger partial charge in [-0.2, -0.15) is 0 Å². The van der Waals surface area contributed by atoms with Gasteiger partial charge < -0.3 is 14.4 Å². The fourth-order valence-corrected chi connectivity index (χ4v) is 2.59. The molecular formula is C16H24ClN3O3. The summed E-state index contributed by atoms with van der Waals surface area (Å²) in [5.41, 5.74) is -0.444. The Kier molecular flexibility index (Phi) is 6.04. The summed E-state index contributed by atoms with van der Waals surface area (Å²) in [5, 5.41) is 0.376. The minimum absolute atomic E-state index is 0.220. The summed E-state index contributed by atoms with van der Waals surface area (Å²) >= 11 is 5.78. The summed E-state index contributed by atoms with van der Waals surface area (Å²) in [4.78, 5) is 21.6. The predicted molar refractivity (Wildman–Crippen MR) is 87.7 cm³/mol. The second-order valence-electron chi connectivity index (χ2n) is 6.73. The van der Waals surface area contributed by atoms with Crippen LogP contribution in [0.4, 0.5) is 4.79 Å². The van der Waals surface area contributed by atoms with Crippen LogP contribution in [0, 0.1) is 5.92 Å². The quantitative estimate of drug-likeness (QED) is 0.784. The van der Waals surface area contributed by atoms with Gasteiger partial charge in [0, 0.05) is 19.2 Å². The number of aromatic nitrogens is 2. The van der Waals surface area contributed by atoms with Crippen molar-refractivity contribution in [3.8, 4) is 5.88 Å². The van der Waals surface area contributed by atoms with Crippen molar-refractivity contribution < 1.29 is 14.3 Å². The largest absolute Gasteiger partial charge is 0.478 e. The van der Waals surface area contributed by atoms with Gasteiger partial charge in [0.2, 0.25) is 5.88 Å². The molecule has 1 aliphatic rings. The van der Waals surface area contributed by atoms with Crippen molar-refractivity contribution in [3.05, 3.63) is 17.5 Å². The molecule has 1 saturated heterocycles. The van der Waals surface area contributed by atoms with Gasteiger partial charge in [0.25, 0.3) is 0 Å². The average Bonchev–Trinajstić information content (AvgIpc) is 2.46. The van der Waals surface area contributed by atoms with E-state index in [0.29, 0.717) is 23.6 Å². The molecular weight excluding hydrogens is 318 g/mol. The monoisotopic (exact) mass is 341 g/mol. The molecule has 0 radical (unpaired) electrons. The maximum Gasteiger partial charge on any atom is 0.410 e. The smallest absolute Gasteiger partial charge is 0.410 e. The van der Waals surface area contributed by atoms with Crippen molar-refractivity contribution in [1.82, 2.24) is 14.9 Å². The number of likely N-dealkylation sites (tertiary alicyclic amines) is 1. The maximum absolute atomic E-state index is 12.0. The number of carbonyl (C=O) groups excluding carboxylic acids is 1. The topological polar surface area (TPSA) is 64.5 Å². The summed E-state index contributed by atoms with van der Waals surface area (Å²) in [6.45, 7) is 7.71. The molecule has 1 aromatic rings. The SMILES string of the molecule is CC(C)(C)OC(=O)N1CCC(CCOc2cc(Cl)ncn2)CC1. The second-order valence-corrected chi connectivity index (χ2v) is 7.11. The van der Waals surface area contributed by atoms with Crippen LogP contribution >= 0.6 is 11.6 Å². The molecule has 1 aromatic heterocycles. The van der Waals surface area contributed by atoms with Crippen molar-refractivity contribution in [2.24, 2.45) is 5.92 Å². The van der Waals surface area contributed by atoms with Crippen LogP contribution in [0.25, 0.3) is 0 Å². The van der Waals surface area contributed by atoms with Crippen molar-refractivity contribution in [2.45, 2.75) is 45.6 Å². The Morgan fingerprint density at radius 1 is 1.35 bits per heavy atom. The number of hydrogen-bond acceptors (Lipinski definition) is 5. The molecule has 2 heterocycles. The third kappa shape index (κ3) is 6.22. The fraction of sp³-hybridized carbons (Fsp3) is 0.688. The summed E-state index contributed by atoms with van der Waals surface area (Å²) in [6.07, 6.45) is 4.03. The minimum atomic E-state index is -0.444. The first-order valence-corrected chi connectivity index (χ1v) is 8.29. The molecule has 128 valence electrons. The van der Waals surface area contributed by atoms with E-state index in [4.69, 9.17) is 21.1 Å². The first kappa shape index (κ1) is 17.8. The van der Waals surface area contributed by atoms with E-state index in [1.165, 1.54) is 6.33 Å². The number of amides is 1. The first-order valence-electron chi connectivity index (χ1n) is 7.92. The van der Waals surface area contributed by atoms with E-state index >= 15 is 0 Å². The van der Waals surface area contributed by atoms with Gasteiger partial charge in [-0.1, -0.05) is 11.6 Å². The molecule has 6 nitrogen and oxygen atoms in total. The van der Waals surface area contributed by atoms with Gasteiger partial charge in [-0.3, -0.25) is 0 Å². The Hall–Kier alpha value is -1.56. The molecule has 0 aromatic carbocycles. The summed E-state index contributed by atoms with van der Waals surface area (Å²) < 4.78 is 11.0. The molecule has 1 aliphatic heterocycles. The van der Waals surface area contributed by atoms with E-state index < -0.39 is 5.60 Å². The molecule has 0 N–H and O–H groups in total. The maximum atomic E-state index is 12.0. The third-order valence-corrected chi connectivity index (χ3v) is 3.86. The lowest BCUT2D eigenvalue weighted by molar-refractivity contribution is 0.0177. The highest BCUT2D eigenvalue weighted by Crippen LogP contribution is 2.22. The molecule has 0 atom stereocenters. The zero-order valence-electron chi connectivity index (χ0n) is 13.9. The number of hydrogen-bond donors (Lipinski definition) is 0. The second kappa shape index (κ2) is 7.81. The standard InChI is InChI=1S/C16H24ClN3O3/c1-16(2,3)23-15(21)20-7-4-12(5-8-20)6-9-22-14-10-13(17)18-11-19-14/h10-12H,4-9H2,1-3H3. The molecule has 1 fully saturated rings. The van der Waals surface area contributed by atoms with Crippen LogP contribution in [0.3, 0.4) is 0 Å². The van der Waals surface area contributed by atoms with Crippen molar-refractivity contribution in [3.63, 3.8) is 0 Å². The molecule has 0 unspecified atom stereocenters. The van der Waals surface area contributed by atoms with E-state index in [1.54, 1.807) is 11.0 Å². The van der Waals surface area contributed by atoms with Crippen LogP contribution in [0.5, 0.6) is 5.88 Å². The highest BCUT2D eigenvalue weighted by Gasteiger charge is 2.26. The minimum Gasteiger partial charge on any atom is -0.478 e. The van der Waals surface area contributed by atoms with Gasteiger partial charge in [-0.05, 0) is 46.0 Å². The summed E-state index contributed by atoms with van der Waals surface area (Å²) in [5.74, 6) is 1.04. The van der Waals surface area contributed by atoms with Crippen LogP contribution < -0.4 is 4.74 Å².